The molecule has 0 N–H and O–H groups in total. The van der Waals surface area contributed by atoms with E-state index in [1.807, 2.05) is 13.0 Å². The Morgan fingerprint density at radius 2 is 1.51 bits per heavy atom. The predicted octanol–water partition coefficient (Wildman–Crippen LogP) is 7.01. The van der Waals surface area contributed by atoms with Crippen LogP contribution in [0.25, 0.3) is 0 Å². The molecular formula is C31H34INO4. The maximum absolute atomic E-state index is 13.4. The van der Waals surface area contributed by atoms with Gasteiger partial charge >= 0.3 is 0 Å². The third kappa shape index (κ3) is 4.97. The fraction of sp³-hybridized carbons (Fsp3) is 0.419. The van der Waals surface area contributed by atoms with Gasteiger partial charge in [0.2, 0.25) is 0 Å². The van der Waals surface area contributed by atoms with Crippen molar-refractivity contribution < 1.29 is 19.1 Å². The zero-order valence-electron chi connectivity index (χ0n) is 21.9. The molecule has 37 heavy (non-hydrogen) atoms. The van der Waals surface area contributed by atoms with Gasteiger partial charge in [-0.25, -0.2) is 0 Å². The zero-order valence-corrected chi connectivity index (χ0v) is 24.0. The number of benzene rings is 2. The number of aryl methyl sites for hydroxylation is 1. The second-order valence-electron chi connectivity index (χ2n) is 9.99. The number of carbonyl (C=O) groups excluding carboxylic acids is 2. The van der Waals surface area contributed by atoms with E-state index in [1.54, 1.807) is 0 Å². The lowest BCUT2D eigenvalue weighted by molar-refractivity contribution is -0.117. The van der Waals surface area contributed by atoms with Gasteiger partial charge in [0, 0.05) is 47.8 Å². The summed E-state index contributed by atoms with van der Waals surface area (Å²) >= 11 is 2.30. The lowest BCUT2D eigenvalue weighted by Gasteiger charge is -2.43. The van der Waals surface area contributed by atoms with Crippen molar-refractivity contribution in [2.75, 3.05) is 13.2 Å². The lowest BCUT2D eigenvalue weighted by atomic mass is 9.71. The van der Waals surface area contributed by atoms with E-state index < -0.39 is 0 Å². The average molecular weight is 612 g/mol. The Morgan fingerprint density at radius 1 is 0.892 bits per heavy atom. The number of hydrogen-bond acceptors (Lipinski definition) is 5. The van der Waals surface area contributed by atoms with Gasteiger partial charge in [0.15, 0.2) is 23.1 Å². The number of rotatable bonds is 7. The first-order valence-electron chi connectivity index (χ1n) is 13.4. The highest BCUT2D eigenvalue weighted by Crippen LogP contribution is 2.50. The number of Topliss-reactive ketones (excluding diaryl/α,β-unsaturated/α-hetero) is 2. The molecule has 5 nitrogen and oxygen atoms in total. The molecule has 1 heterocycles. The van der Waals surface area contributed by atoms with Crippen LogP contribution in [0.3, 0.4) is 0 Å². The molecule has 2 aromatic carbocycles. The Hall–Kier alpha value is -2.61. The van der Waals surface area contributed by atoms with Crippen LogP contribution in [-0.2, 0) is 16.2 Å². The van der Waals surface area contributed by atoms with E-state index in [0.717, 1.165) is 69.5 Å². The van der Waals surface area contributed by atoms with Gasteiger partial charge in [0.1, 0.15) is 6.61 Å². The van der Waals surface area contributed by atoms with Crippen molar-refractivity contribution >= 4 is 34.2 Å². The SMILES string of the molecule is CCOc1cc(C2C3=C(CCCC3=O)N(CC)C3=C2C(=O)CCC3)cc(I)c1OCc1ccc(C)cc1. The molecule has 0 spiro atoms. The Morgan fingerprint density at radius 3 is 2.08 bits per heavy atom. The molecule has 0 unspecified atom stereocenters. The fourth-order valence-corrected chi connectivity index (χ4v) is 6.71. The van der Waals surface area contributed by atoms with E-state index in [4.69, 9.17) is 9.47 Å². The normalized spacial score (nSPS) is 18.2. The van der Waals surface area contributed by atoms with Gasteiger partial charge in [0.05, 0.1) is 10.2 Å². The van der Waals surface area contributed by atoms with Crippen LogP contribution >= 0.6 is 22.6 Å². The lowest BCUT2D eigenvalue weighted by Crippen LogP contribution is -2.39. The first-order valence-corrected chi connectivity index (χ1v) is 14.4. The van der Waals surface area contributed by atoms with Crippen LogP contribution in [0.4, 0.5) is 0 Å². The number of halogens is 1. The quantitative estimate of drug-likeness (QED) is 0.316. The van der Waals surface area contributed by atoms with Gasteiger partial charge in [-0.05, 0) is 92.3 Å². The van der Waals surface area contributed by atoms with Gasteiger partial charge in [-0.3, -0.25) is 9.59 Å². The maximum Gasteiger partial charge on any atom is 0.174 e. The highest BCUT2D eigenvalue weighted by atomic mass is 127. The Balaban J connectivity index is 1.60. The highest BCUT2D eigenvalue weighted by Gasteiger charge is 2.43. The van der Waals surface area contributed by atoms with Crippen molar-refractivity contribution in [1.82, 2.24) is 4.90 Å². The minimum absolute atomic E-state index is 0.169. The van der Waals surface area contributed by atoms with E-state index in [0.29, 0.717) is 37.6 Å². The molecule has 0 aromatic heterocycles. The first kappa shape index (κ1) is 26.0. The third-order valence-corrected chi connectivity index (χ3v) is 8.37. The summed E-state index contributed by atoms with van der Waals surface area (Å²) in [5, 5.41) is 0. The number of ketones is 2. The summed E-state index contributed by atoms with van der Waals surface area (Å²) in [6, 6.07) is 12.4. The van der Waals surface area contributed by atoms with E-state index >= 15 is 0 Å². The van der Waals surface area contributed by atoms with Crippen LogP contribution in [0.1, 0.15) is 75.0 Å². The molecule has 0 saturated heterocycles. The van der Waals surface area contributed by atoms with Gasteiger partial charge in [-0.2, -0.15) is 0 Å². The standard InChI is InChI=1S/C31H34INO4/c1-4-33-23-8-6-10-25(34)29(23)28(30-24(33)9-7-11-26(30)35)21-16-22(32)31(27(17-21)36-5-2)37-18-20-14-12-19(3)13-15-20/h12-17,28H,4-11,18H2,1-3H3. The molecule has 0 bridgehead atoms. The molecule has 0 fully saturated rings. The molecule has 5 rings (SSSR count). The van der Waals surface area contributed by atoms with E-state index in [-0.39, 0.29) is 17.5 Å². The predicted molar refractivity (Wildman–Crippen MR) is 153 cm³/mol. The summed E-state index contributed by atoms with van der Waals surface area (Å²) in [7, 11) is 0. The Kier molecular flexibility index (Phi) is 7.75. The molecule has 2 aliphatic carbocycles. The number of hydrogen-bond donors (Lipinski definition) is 0. The molecule has 0 radical (unpaired) electrons. The third-order valence-electron chi connectivity index (χ3n) is 7.57. The maximum atomic E-state index is 13.4. The fourth-order valence-electron chi connectivity index (χ4n) is 5.93. The van der Waals surface area contributed by atoms with Crippen molar-refractivity contribution in [3.05, 3.63) is 79.2 Å². The van der Waals surface area contributed by atoms with Gasteiger partial charge in [-0.1, -0.05) is 29.8 Å². The molecular weight excluding hydrogens is 577 g/mol. The van der Waals surface area contributed by atoms with Crippen LogP contribution in [0.5, 0.6) is 11.5 Å². The Bertz CT molecular complexity index is 1250. The summed E-state index contributed by atoms with van der Waals surface area (Å²) in [4.78, 5) is 29.1. The second kappa shape index (κ2) is 11.0. The monoisotopic (exact) mass is 611 g/mol. The second-order valence-corrected chi connectivity index (χ2v) is 11.2. The molecule has 1 aliphatic heterocycles. The molecule has 3 aliphatic rings. The van der Waals surface area contributed by atoms with Gasteiger partial charge in [-0.15, -0.1) is 0 Å². The van der Waals surface area contributed by atoms with E-state index in [9.17, 15) is 9.59 Å². The molecule has 0 saturated carbocycles. The summed E-state index contributed by atoms with van der Waals surface area (Å²) < 4.78 is 13.3. The summed E-state index contributed by atoms with van der Waals surface area (Å²) in [6.45, 7) is 7.85. The van der Waals surface area contributed by atoms with Crippen molar-refractivity contribution in [3.8, 4) is 11.5 Å². The van der Waals surface area contributed by atoms with Crippen LogP contribution < -0.4 is 9.47 Å². The average Bonchev–Trinajstić information content (AvgIpc) is 2.88. The topological polar surface area (TPSA) is 55.8 Å². The number of carbonyl (C=O) groups is 2. The van der Waals surface area contributed by atoms with Crippen LogP contribution in [0.2, 0.25) is 0 Å². The van der Waals surface area contributed by atoms with Gasteiger partial charge in [0.25, 0.3) is 0 Å². The largest absolute Gasteiger partial charge is 0.490 e. The molecule has 0 amide bonds. The van der Waals surface area contributed by atoms with Crippen LogP contribution in [0, 0.1) is 10.5 Å². The van der Waals surface area contributed by atoms with E-state index in [1.165, 1.54) is 5.56 Å². The van der Waals surface area contributed by atoms with Crippen molar-refractivity contribution in [1.29, 1.82) is 0 Å². The summed E-state index contributed by atoms with van der Waals surface area (Å²) in [5.74, 6) is 1.35. The number of nitrogens with zero attached hydrogens (tertiary/aromatic N) is 1. The van der Waals surface area contributed by atoms with Crippen molar-refractivity contribution in [3.63, 3.8) is 0 Å². The van der Waals surface area contributed by atoms with E-state index in [2.05, 4.69) is 71.7 Å². The van der Waals surface area contributed by atoms with Crippen LogP contribution in [-0.4, -0.2) is 29.6 Å². The Labute approximate surface area is 233 Å². The summed E-state index contributed by atoms with van der Waals surface area (Å²) in [5.41, 5.74) is 7.10. The van der Waals surface area contributed by atoms with Crippen molar-refractivity contribution in [2.24, 2.45) is 0 Å². The number of allylic oxidation sites excluding steroid dienone is 4. The highest BCUT2D eigenvalue weighted by molar-refractivity contribution is 14.1. The van der Waals surface area contributed by atoms with Crippen molar-refractivity contribution in [2.45, 2.75) is 71.8 Å². The van der Waals surface area contributed by atoms with Gasteiger partial charge < -0.3 is 14.4 Å². The minimum atomic E-state index is -0.340. The number of ether oxygens (including phenoxy) is 2. The molecule has 194 valence electrons. The molecule has 0 atom stereocenters. The smallest absolute Gasteiger partial charge is 0.174 e. The van der Waals surface area contributed by atoms with Crippen LogP contribution in [0.15, 0.2) is 58.9 Å². The molecule has 2 aromatic rings. The zero-order chi connectivity index (χ0) is 26.1. The first-order chi connectivity index (χ1) is 17.9. The summed E-state index contributed by atoms with van der Waals surface area (Å²) in [6.07, 6.45) is 4.57. The molecule has 6 heteroatoms. The minimum Gasteiger partial charge on any atom is -0.490 e.